The molecule has 0 aliphatic carbocycles. The molecule has 0 aliphatic rings. The van der Waals surface area contributed by atoms with Crippen LogP contribution in [-0.4, -0.2) is 8.07 Å². The molecule has 12 heavy (non-hydrogen) atoms. The Labute approximate surface area is 73.7 Å². The first kappa shape index (κ1) is 8.81. The van der Waals surface area contributed by atoms with Crippen molar-refractivity contribution < 1.29 is 4.42 Å². The molecule has 0 radical (unpaired) electrons. The summed E-state index contributed by atoms with van der Waals surface area (Å²) in [7, 11) is -1.92. The molecule has 0 aromatic carbocycles. The summed E-state index contributed by atoms with van der Waals surface area (Å²) in [5.41, 5.74) is 5.68. The van der Waals surface area contributed by atoms with Crippen LogP contribution < -0.4 is 5.38 Å². The van der Waals surface area contributed by atoms with Crippen LogP contribution in [0.4, 0.5) is 0 Å². The number of hydrogen-bond donors (Lipinski definition) is 0. The summed E-state index contributed by atoms with van der Waals surface area (Å²) in [6.07, 6.45) is 1.66. The summed E-state index contributed by atoms with van der Waals surface area (Å²) in [5.74, 6) is 0. The Morgan fingerprint density at radius 3 is 2.08 bits per heavy atom. The first-order valence-electron chi connectivity index (χ1n) is 3.74. The van der Waals surface area contributed by atoms with Crippen LogP contribution in [0.3, 0.4) is 0 Å². The van der Waals surface area contributed by atoms with Crippen molar-refractivity contribution in [1.82, 2.24) is 0 Å². The molecular formula is C10H12OSi. The standard InChI is InChI=1S/C10H12OSi/c1-4-12(5-2,6-3)10-8-7-9-11-10/h4-9H,1-3H2. The lowest BCUT2D eigenvalue weighted by Crippen LogP contribution is -2.41. The van der Waals surface area contributed by atoms with Gasteiger partial charge in [0.25, 0.3) is 0 Å². The van der Waals surface area contributed by atoms with Crippen LogP contribution in [-0.2, 0) is 0 Å². The smallest absolute Gasteiger partial charge is 0.200 e. The zero-order valence-corrected chi connectivity index (χ0v) is 7.99. The highest BCUT2D eigenvalue weighted by atomic mass is 28.3. The Morgan fingerprint density at radius 2 is 1.75 bits per heavy atom. The van der Waals surface area contributed by atoms with E-state index in [1.807, 2.05) is 29.2 Å². The summed E-state index contributed by atoms with van der Waals surface area (Å²) in [6.45, 7) is 11.4. The van der Waals surface area contributed by atoms with E-state index in [2.05, 4.69) is 19.7 Å². The Kier molecular flexibility index (Phi) is 2.50. The SMILES string of the molecule is C=C[Si](C=C)(C=C)c1ccco1. The molecule has 0 aliphatic heterocycles. The maximum absolute atomic E-state index is 5.32. The van der Waals surface area contributed by atoms with Gasteiger partial charge in [-0.05, 0) is 12.1 Å². The van der Waals surface area contributed by atoms with Gasteiger partial charge in [0.1, 0.15) is 0 Å². The van der Waals surface area contributed by atoms with E-state index in [-0.39, 0.29) is 0 Å². The first-order chi connectivity index (χ1) is 5.79. The molecule has 1 heterocycles. The molecule has 0 bridgehead atoms. The second-order valence-electron chi connectivity index (χ2n) is 2.52. The maximum Gasteiger partial charge on any atom is 0.200 e. The molecule has 1 nitrogen and oxygen atoms in total. The average molecular weight is 176 g/mol. The van der Waals surface area contributed by atoms with E-state index in [0.29, 0.717) is 0 Å². The third-order valence-corrected chi connectivity index (χ3v) is 5.13. The van der Waals surface area contributed by atoms with Gasteiger partial charge in [-0.1, -0.05) is 17.1 Å². The van der Waals surface area contributed by atoms with Gasteiger partial charge in [0.2, 0.25) is 8.07 Å². The van der Waals surface area contributed by atoms with Crippen molar-refractivity contribution >= 4 is 13.5 Å². The van der Waals surface area contributed by atoms with Gasteiger partial charge in [0, 0.05) is 0 Å². The average Bonchev–Trinajstić information content (AvgIpc) is 2.62. The summed E-state index contributed by atoms with van der Waals surface area (Å²) in [5, 5.41) is 0.933. The van der Waals surface area contributed by atoms with Crippen molar-refractivity contribution in [3.05, 3.63) is 55.2 Å². The van der Waals surface area contributed by atoms with Crippen LogP contribution in [0, 0.1) is 0 Å². The molecule has 0 spiro atoms. The highest BCUT2D eigenvalue weighted by Crippen LogP contribution is 2.07. The fourth-order valence-electron chi connectivity index (χ4n) is 1.08. The third-order valence-electron chi connectivity index (χ3n) is 1.96. The van der Waals surface area contributed by atoms with E-state index in [1.165, 1.54) is 0 Å². The molecule has 0 fully saturated rings. The van der Waals surface area contributed by atoms with Crippen LogP contribution in [0.1, 0.15) is 0 Å². The largest absolute Gasteiger partial charge is 0.473 e. The van der Waals surface area contributed by atoms with Crippen LogP contribution >= 0.6 is 0 Å². The number of hydrogen-bond acceptors (Lipinski definition) is 1. The Hall–Kier alpha value is -1.28. The van der Waals surface area contributed by atoms with Crippen LogP contribution in [0.2, 0.25) is 0 Å². The molecule has 2 heteroatoms. The van der Waals surface area contributed by atoms with Gasteiger partial charge in [-0.25, -0.2) is 0 Å². The predicted molar refractivity (Wildman–Crippen MR) is 54.7 cm³/mol. The van der Waals surface area contributed by atoms with Crippen LogP contribution in [0.5, 0.6) is 0 Å². The van der Waals surface area contributed by atoms with E-state index in [1.54, 1.807) is 6.26 Å². The van der Waals surface area contributed by atoms with E-state index in [4.69, 9.17) is 4.42 Å². The van der Waals surface area contributed by atoms with E-state index in [9.17, 15) is 0 Å². The van der Waals surface area contributed by atoms with E-state index >= 15 is 0 Å². The monoisotopic (exact) mass is 176 g/mol. The second kappa shape index (κ2) is 3.41. The fraction of sp³-hybridized carbons (Fsp3) is 0. The normalized spacial score (nSPS) is 10.7. The molecule has 1 aromatic heterocycles. The van der Waals surface area contributed by atoms with Gasteiger partial charge >= 0.3 is 0 Å². The van der Waals surface area contributed by atoms with Crippen molar-refractivity contribution in [2.75, 3.05) is 0 Å². The van der Waals surface area contributed by atoms with Crippen molar-refractivity contribution in [2.45, 2.75) is 0 Å². The molecular weight excluding hydrogens is 164 g/mol. The molecule has 0 atom stereocenters. The van der Waals surface area contributed by atoms with E-state index in [0.717, 1.165) is 5.38 Å². The quantitative estimate of drug-likeness (QED) is 0.640. The summed E-state index contributed by atoms with van der Waals surface area (Å²) in [4.78, 5) is 0. The van der Waals surface area contributed by atoms with Gasteiger partial charge in [0.15, 0.2) is 0 Å². The van der Waals surface area contributed by atoms with Gasteiger partial charge in [0.05, 0.1) is 11.6 Å². The molecule has 1 rings (SSSR count). The molecule has 1 aromatic rings. The first-order valence-corrected chi connectivity index (χ1v) is 5.97. The topological polar surface area (TPSA) is 13.1 Å². The maximum atomic E-state index is 5.32. The molecule has 0 saturated carbocycles. The lowest BCUT2D eigenvalue weighted by molar-refractivity contribution is 0.599. The molecule has 0 amide bonds. The van der Waals surface area contributed by atoms with Crippen molar-refractivity contribution in [1.29, 1.82) is 0 Å². The molecule has 0 N–H and O–H groups in total. The Bertz CT molecular complexity index is 263. The highest BCUT2D eigenvalue weighted by molar-refractivity contribution is 7.02. The Morgan fingerprint density at radius 1 is 1.17 bits per heavy atom. The van der Waals surface area contributed by atoms with Gasteiger partial charge in [-0.3, -0.25) is 0 Å². The Balaban J connectivity index is 3.18. The molecule has 0 saturated heterocycles. The third kappa shape index (κ3) is 1.21. The number of furan rings is 1. The number of rotatable bonds is 4. The summed E-state index contributed by atoms with van der Waals surface area (Å²) < 4.78 is 5.32. The van der Waals surface area contributed by atoms with Crippen molar-refractivity contribution in [3.8, 4) is 0 Å². The minimum atomic E-state index is -1.92. The zero-order valence-electron chi connectivity index (χ0n) is 6.99. The van der Waals surface area contributed by atoms with Gasteiger partial charge < -0.3 is 4.42 Å². The fourth-order valence-corrected chi connectivity index (χ4v) is 2.84. The lowest BCUT2D eigenvalue weighted by atomic mass is 10.7. The minimum Gasteiger partial charge on any atom is -0.473 e. The van der Waals surface area contributed by atoms with Crippen molar-refractivity contribution in [3.63, 3.8) is 0 Å². The van der Waals surface area contributed by atoms with Crippen LogP contribution in [0.25, 0.3) is 0 Å². The van der Waals surface area contributed by atoms with Gasteiger partial charge in [-0.2, -0.15) is 0 Å². The zero-order chi connectivity index (χ0) is 9.03. The highest BCUT2D eigenvalue weighted by Gasteiger charge is 2.27. The van der Waals surface area contributed by atoms with Crippen LogP contribution in [0.15, 0.2) is 59.6 Å². The summed E-state index contributed by atoms with van der Waals surface area (Å²) in [6, 6.07) is 3.81. The van der Waals surface area contributed by atoms with Gasteiger partial charge in [-0.15, -0.1) is 19.7 Å². The predicted octanol–water partition coefficient (Wildman–Crippen LogP) is 2.11. The van der Waals surface area contributed by atoms with Crippen molar-refractivity contribution in [2.24, 2.45) is 0 Å². The molecule has 0 unspecified atom stereocenters. The second-order valence-corrected chi connectivity index (χ2v) is 6.11. The lowest BCUT2D eigenvalue weighted by Gasteiger charge is -2.15. The minimum absolute atomic E-state index is 0.933. The molecule has 62 valence electrons. The van der Waals surface area contributed by atoms with E-state index < -0.39 is 8.07 Å². The summed E-state index contributed by atoms with van der Waals surface area (Å²) >= 11 is 0.